The maximum atomic E-state index is 12.7. The van der Waals surface area contributed by atoms with Crippen LogP contribution in [0.15, 0.2) is 48.5 Å². The van der Waals surface area contributed by atoms with Crippen molar-refractivity contribution in [3.05, 3.63) is 59.7 Å². The molecule has 0 bridgehead atoms. The van der Waals surface area contributed by atoms with Gasteiger partial charge in [-0.1, -0.05) is 36.4 Å². The number of carboxylic acid groups (broad SMARTS) is 1. The van der Waals surface area contributed by atoms with Crippen molar-refractivity contribution >= 4 is 11.9 Å². The van der Waals surface area contributed by atoms with E-state index in [1.807, 2.05) is 36.4 Å². The number of hydrogen-bond acceptors (Lipinski definition) is 4. The van der Waals surface area contributed by atoms with Crippen molar-refractivity contribution in [1.82, 2.24) is 4.90 Å². The number of ether oxygens (including phenoxy) is 2. The van der Waals surface area contributed by atoms with Gasteiger partial charge in [-0.15, -0.1) is 0 Å². The number of nitrogens with zero attached hydrogens (tertiary/aromatic N) is 1. The van der Waals surface area contributed by atoms with Crippen LogP contribution in [0.25, 0.3) is 0 Å². The van der Waals surface area contributed by atoms with Crippen LogP contribution >= 0.6 is 0 Å². The van der Waals surface area contributed by atoms with Gasteiger partial charge >= 0.3 is 5.97 Å². The second-order valence-electron chi connectivity index (χ2n) is 6.55. The summed E-state index contributed by atoms with van der Waals surface area (Å²) in [6, 6.07) is 14.5. The van der Waals surface area contributed by atoms with E-state index in [0.29, 0.717) is 24.5 Å². The Kier molecular flexibility index (Phi) is 4.24. The third-order valence-corrected chi connectivity index (χ3v) is 4.96. The number of rotatable bonds is 4. The zero-order valence-corrected chi connectivity index (χ0v) is 14.1. The molecule has 1 amide bonds. The lowest BCUT2D eigenvalue weighted by atomic mass is 9.84. The maximum absolute atomic E-state index is 12.7. The number of amides is 1. The average Bonchev–Trinajstić information content (AvgIpc) is 3.11. The lowest BCUT2D eigenvalue weighted by Crippen LogP contribution is -2.44. The topological polar surface area (TPSA) is 76.1 Å². The summed E-state index contributed by atoms with van der Waals surface area (Å²) >= 11 is 0. The fourth-order valence-corrected chi connectivity index (χ4v) is 3.69. The summed E-state index contributed by atoms with van der Waals surface area (Å²) in [5.74, 6) is -0.356. The summed E-state index contributed by atoms with van der Waals surface area (Å²) in [6.07, 6.45) is 0.573. The summed E-state index contributed by atoms with van der Waals surface area (Å²) in [6.45, 7) is 0.529. The van der Waals surface area contributed by atoms with Crippen LogP contribution in [0.5, 0.6) is 11.5 Å². The number of carbonyl (C=O) groups excluding carboxylic acids is 1. The highest BCUT2D eigenvalue weighted by atomic mass is 16.7. The highest BCUT2D eigenvalue weighted by molar-refractivity contribution is 5.82. The molecule has 1 N–H and O–H groups in total. The van der Waals surface area contributed by atoms with Gasteiger partial charge in [0.1, 0.15) is 0 Å². The van der Waals surface area contributed by atoms with E-state index >= 15 is 0 Å². The number of piperidine rings is 1. The first-order valence-electron chi connectivity index (χ1n) is 8.59. The van der Waals surface area contributed by atoms with E-state index in [1.165, 1.54) is 0 Å². The van der Waals surface area contributed by atoms with Crippen LogP contribution in [-0.2, 0) is 16.1 Å². The minimum absolute atomic E-state index is 0.0333. The Morgan fingerprint density at radius 2 is 1.88 bits per heavy atom. The Bertz CT molecular complexity index is 835. The van der Waals surface area contributed by atoms with Gasteiger partial charge in [0.25, 0.3) is 0 Å². The molecule has 0 radical (unpaired) electrons. The van der Waals surface area contributed by atoms with Crippen molar-refractivity contribution in [2.24, 2.45) is 5.92 Å². The van der Waals surface area contributed by atoms with Gasteiger partial charge in [-0.3, -0.25) is 9.59 Å². The molecule has 6 heteroatoms. The van der Waals surface area contributed by atoms with Crippen molar-refractivity contribution in [2.45, 2.75) is 25.4 Å². The first-order valence-corrected chi connectivity index (χ1v) is 8.59. The predicted octanol–water partition coefficient (Wildman–Crippen LogP) is 2.98. The Morgan fingerprint density at radius 3 is 2.65 bits per heavy atom. The van der Waals surface area contributed by atoms with Gasteiger partial charge in [0.15, 0.2) is 11.5 Å². The fraction of sp³-hybridized carbons (Fsp3) is 0.300. The molecule has 2 aliphatic rings. The molecule has 26 heavy (non-hydrogen) atoms. The summed E-state index contributed by atoms with van der Waals surface area (Å²) < 4.78 is 10.8. The summed E-state index contributed by atoms with van der Waals surface area (Å²) in [4.78, 5) is 26.2. The molecule has 2 aromatic rings. The van der Waals surface area contributed by atoms with Gasteiger partial charge in [0.05, 0.1) is 12.0 Å². The molecule has 1 saturated heterocycles. The van der Waals surface area contributed by atoms with Crippen LogP contribution in [-0.4, -0.2) is 28.7 Å². The molecule has 2 aliphatic heterocycles. The molecule has 0 aromatic heterocycles. The van der Waals surface area contributed by atoms with Crippen LogP contribution in [0.1, 0.15) is 30.0 Å². The van der Waals surface area contributed by atoms with Gasteiger partial charge in [-0.2, -0.15) is 0 Å². The molecule has 1 fully saturated rings. The van der Waals surface area contributed by atoms with Crippen molar-refractivity contribution in [3.63, 3.8) is 0 Å². The van der Waals surface area contributed by atoms with Gasteiger partial charge in [0, 0.05) is 13.0 Å². The molecule has 0 aliphatic carbocycles. The lowest BCUT2D eigenvalue weighted by molar-refractivity contribution is -0.152. The summed E-state index contributed by atoms with van der Waals surface area (Å²) in [7, 11) is 0. The van der Waals surface area contributed by atoms with Crippen LogP contribution in [0.3, 0.4) is 0 Å². The minimum Gasteiger partial charge on any atom is -0.481 e. The van der Waals surface area contributed by atoms with E-state index < -0.39 is 17.9 Å². The molecule has 2 aromatic carbocycles. The van der Waals surface area contributed by atoms with Crippen LogP contribution in [0.4, 0.5) is 0 Å². The summed E-state index contributed by atoms with van der Waals surface area (Å²) in [5.41, 5.74) is 1.73. The predicted molar refractivity (Wildman–Crippen MR) is 92.7 cm³/mol. The molecular weight excluding hydrogens is 334 g/mol. The second-order valence-corrected chi connectivity index (χ2v) is 6.55. The highest BCUT2D eigenvalue weighted by Crippen LogP contribution is 2.42. The van der Waals surface area contributed by atoms with Crippen LogP contribution < -0.4 is 9.47 Å². The molecule has 134 valence electrons. The molecular formula is C20H19NO5. The third kappa shape index (κ3) is 2.98. The van der Waals surface area contributed by atoms with Crippen LogP contribution in [0.2, 0.25) is 0 Å². The molecule has 0 saturated carbocycles. The SMILES string of the molecule is O=C(O)[C@H]1CCC(=O)N(Cc2ccccc2)[C@H]1c1ccc2c(c1)OCO2. The number of benzene rings is 2. The zero-order chi connectivity index (χ0) is 18.1. The van der Waals surface area contributed by atoms with Gasteiger partial charge in [-0.25, -0.2) is 0 Å². The normalized spacial score (nSPS) is 21.7. The van der Waals surface area contributed by atoms with Gasteiger partial charge in [0.2, 0.25) is 12.7 Å². The van der Waals surface area contributed by atoms with E-state index in [1.54, 1.807) is 17.0 Å². The number of fused-ring (bicyclic) bond motifs is 1. The lowest BCUT2D eigenvalue weighted by Gasteiger charge is -2.40. The molecule has 4 rings (SSSR count). The maximum Gasteiger partial charge on any atom is 0.308 e. The highest BCUT2D eigenvalue weighted by Gasteiger charge is 2.41. The number of carbonyl (C=O) groups is 2. The number of carboxylic acids is 1. The second kappa shape index (κ2) is 6.71. The summed E-state index contributed by atoms with van der Waals surface area (Å²) in [5, 5.41) is 9.74. The molecule has 2 heterocycles. The van der Waals surface area contributed by atoms with Crippen LogP contribution in [0, 0.1) is 5.92 Å². The van der Waals surface area contributed by atoms with E-state index in [4.69, 9.17) is 9.47 Å². The zero-order valence-electron chi connectivity index (χ0n) is 14.1. The Labute approximate surface area is 151 Å². The largest absolute Gasteiger partial charge is 0.481 e. The number of aliphatic carboxylic acids is 1. The van der Waals surface area contributed by atoms with Crippen molar-refractivity contribution in [3.8, 4) is 11.5 Å². The standard InChI is InChI=1S/C20H19NO5/c22-18-9-7-15(20(23)24)19(21(18)11-13-4-2-1-3-5-13)14-6-8-16-17(10-14)26-12-25-16/h1-6,8,10,15,19H,7,9,11-12H2,(H,23,24)/t15-,19-/m0/s1. The quantitative estimate of drug-likeness (QED) is 0.914. The van der Waals surface area contributed by atoms with Gasteiger partial charge in [-0.05, 0) is 29.7 Å². The van der Waals surface area contributed by atoms with E-state index in [0.717, 1.165) is 11.1 Å². The average molecular weight is 353 g/mol. The minimum atomic E-state index is -0.891. The van der Waals surface area contributed by atoms with E-state index in [-0.39, 0.29) is 19.1 Å². The van der Waals surface area contributed by atoms with E-state index in [2.05, 4.69) is 0 Å². The molecule has 0 unspecified atom stereocenters. The number of likely N-dealkylation sites (tertiary alicyclic amines) is 1. The van der Waals surface area contributed by atoms with Gasteiger partial charge < -0.3 is 19.5 Å². The third-order valence-electron chi connectivity index (χ3n) is 4.96. The first kappa shape index (κ1) is 16.4. The first-order chi connectivity index (χ1) is 12.6. The fourth-order valence-electron chi connectivity index (χ4n) is 3.69. The van der Waals surface area contributed by atoms with E-state index in [9.17, 15) is 14.7 Å². The monoisotopic (exact) mass is 353 g/mol. The van der Waals surface area contributed by atoms with Crippen molar-refractivity contribution in [1.29, 1.82) is 0 Å². The molecule has 6 nitrogen and oxygen atoms in total. The Balaban J connectivity index is 1.73. The Morgan fingerprint density at radius 1 is 1.12 bits per heavy atom. The smallest absolute Gasteiger partial charge is 0.308 e. The van der Waals surface area contributed by atoms with Crippen molar-refractivity contribution in [2.75, 3.05) is 6.79 Å². The number of hydrogen-bond donors (Lipinski definition) is 1. The molecule has 0 spiro atoms. The Hall–Kier alpha value is -3.02. The molecule has 2 atom stereocenters. The van der Waals surface area contributed by atoms with Crippen molar-refractivity contribution < 1.29 is 24.2 Å².